The first-order valence-electron chi connectivity index (χ1n) is 6.78. The Hall–Kier alpha value is -0.650. The molecule has 0 radical (unpaired) electrons. The fourth-order valence-corrected chi connectivity index (χ4v) is 1.80. The molecule has 2 N–H and O–H groups in total. The highest BCUT2D eigenvalue weighted by atomic mass is 16.5. The van der Waals surface area contributed by atoms with Crippen molar-refractivity contribution in [1.29, 1.82) is 0 Å². The Morgan fingerprint density at radius 1 is 1.50 bits per heavy atom. The molecule has 18 heavy (non-hydrogen) atoms. The molecule has 0 saturated carbocycles. The highest BCUT2D eigenvalue weighted by Gasteiger charge is 2.18. The summed E-state index contributed by atoms with van der Waals surface area (Å²) < 4.78 is 11.0. The summed E-state index contributed by atoms with van der Waals surface area (Å²) in [6, 6.07) is 0. The van der Waals surface area contributed by atoms with Gasteiger partial charge in [0.2, 0.25) is 5.91 Å². The lowest BCUT2D eigenvalue weighted by molar-refractivity contribution is -0.128. The maximum Gasteiger partial charge on any atom is 0.245 e. The second-order valence-electron chi connectivity index (χ2n) is 5.27. The third kappa shape index (κ3) is 6.93. The Labute approximate surface area is 110 Å². The molecule has 1 amide bonds. The second-order valence-corrected chi connectivity index (χ2v) is 5.27. The second kappa shape index (κ2) is 8.45. The van der Waals surface area contributed by atoms with Crippen molar-refractivity contribution in [3.05, 3.63) is 0 Å². The summed E-state index contributed by atoms with van der Waals surface area (Å²) in [7, 11) is 0. The van der Waals surface area contributed by atoms with Crippen LogP contribution in [0.2, 0.25) is 0 Å². The van der Waals surface area contributed by atoms with Crippen molar-refractivity contribution in [2.75, 3.05) is 32.8 Å². The number of rotatable bonds is 7. The van der Waals surface area contributed by atoms with Crippen molar-refractivity contribution in [2.24, 2.45) is 5.92 Å². The zero-order valence-electron chi connectivity index (χ0n) is 11.7. The fraction of sp³-hybridized carbons (Fsp3) is 0.923. The van der Waals surface area contributed by atoms with Gasteiger partial charge in [0.05, 0.1) is 18.8 Å². The molecule has 2 atom stereocenters. The van der Waals surface area contributed by atoms with Crippen molar-refractivity contribution >= 4 is 5.91 Å². The molecule has 1 aliphatic heterocycles. The topological polar surface area (TPSA) is 59.6 Å². The summed E-state index contributed by atoms with van der Waals surface area (Å²) >= 11 is 0. The summed E-state index contributed by atoms with van der Waals surface area (Å²) in [5.74, 6) is 0.557. The van der Waals surface area contributed by atoms with E-state index in [2.05, 4.69) is 24.5 Å². The van der Waals surface area contributed by atoms with E-state index in [-0.39, 0.29) is 24.7 Å². The van der Waals surface area contributed by atoms with Gasteiger partial charge in [0.25, 0.3) is 0 Å². The minimum absolute atomic E-state index is 0.0486. The monoisotopic (exact) mass is 258 g/mol. The van der Waals surface area contributed by atoms with Gasteiger partial charge in [-0.05, 0) is 19.3 Å². The highest BCUT2D eigenvalue weighted by molar-refractivity contribution is 5.77. The first-order chi connectivity index (χ1) is 8.58. The molecule has 2 unspecified atom stereocenters. The van der Waals surface area contributed by atoms with Crippen LogP contribution >= 0.6 is 0 Å². The third-order valence-corrected chi connectivity index (χ3v) is 2.81. The number of carbonyl (C=O) groups excluding carboxylic acids is 1. The molecule has 1 saturated heterocycles. The van der Waals surface area contributed by atoms with Crippen LogP contribution in [0.3, 0.4) is 0 Å². The third-order valence-electron chi connectivity index (χ3n) is 2.81. The molecule has 0 spiro atoms. The molecule has 5 nitrogen and oxygen atoms in total. The summed E-state index contributed by atoms with van der Waals surface area (Å²) in [6.07, 6.45) is 1.27. The van der Waals surface area contributed by atoms with Crippen LogP contribution in [0.25, 0.3) is 0 Å². The van der Waals surface area contributed by atoms with Crippen molar-refractivity contribution in [1.82, 2.24) is 10.6 Å². The fourth-order valence-electron chi connectivity index (χ4n) is 1.80. The van der Waals surface area contributed by atoms with Gasteiger partial charge < -0.3 is 20.1 Å². The van der Waals surface area contributed by atoms with Gasteiger partial charge in [0, 0.05) is 19.6 Å². The number of hydrogen-bond donors (Lipinski definition) is 2. The van der Waals surface area contributed by atoms with E-state index in [0.717, 1.165) is 26.1 Å². The van der Waals surface area contributed by atoms with Crippen LogP contribution in [0.5, 0.6) is 0 Å². The number of hydrogen-bond acceptors (Lipinski definition) is 4. The number of amides is 1. The Morgan fingerprint density at radius 3 is 2.94 bits per heavy atom. The minimum Gasteiger partial charge on any atom is -0.370 e. The normalized spacial score (nSPS) is 24.2. The van der Waals surface area contributed by atoms with E-state index in [1.165, 1.54) is 0 Å². The molecule has 5 heteroatoms. The lowest BCUT2D eigenvalue weighted by atomic mass is 10.1. The largest absolute Gasteiger partial charge is 0.370 e. The molecule has 1 fully saturated rings. The van der Waals surface area contributed by atoms with Gasteiger partial charge in [-0.3, -0.25) is 4.79 Å². The zero-order valence-corrected chi connectivity index (χ0v) is 11.7. The molecule has 0 bridgehead atoms. The smallest absolute Gasteiger partial charge is 0.245 e. The number of carbonyl (C=O) groups is 1. The van der Waals surface area contributed by atoms with Crippen LogP contribution in [0.1, 0.15) is 27.2 Å². The van der Waals surface area contributed by atoms with Gasteiger partial charge in [-0.1, -0.05) is 13.8 Å². The van der Waals surface area contributed by atoms with E-state index < -0.39 is 0 Å². The molecule has 0 aromatic rings. The predicted molar refractivity (Wildman–Crippen MR) is 70.5 cm³/mol. The molecule has 0 aromatic heterocycles. The van der Waals surface area contributed by atoms with E-state index in [0.29, 0.717) is 12.5 Å². The Kier molecular flexibility index (Phi) is 7.23. The summed E-state index contributed by atoms with van der Waals surface area (Å²) in [4.78, 5) is 11.4. The average molecular weight is 258 g/mol. The summed E-state index contributed by atoms with van der Waals surface area (Å²) in [5.41, 5.74) is 0. The lowest BCUT2D eigenvalue weighted by Crippen LogP contribution is -2.45. The molecular weight excluding hydrogens is 232 g/mol. The van der Waals surface area contributed by atoms with Crippen LogP contribution in [0, 0.1) is 5.92 Å². The Bertz CT molecular complexity index is 246. The first-order valence-corrected chi connectivity index (χ1v) is 6.78. The lowest BCUT2D eigenvalue weighted by Gasteiger charge is -2.28. The SMILES string of the molecule is CC(C)CCNC(=O)COCC1CNCC(C)O1. The molecule has 1 rings (SSSR count). The average Bonchev–Trinajstić information content (AvgIpc) is 2.28. The van der Waals surface area contributed by atoms with Crippen LogP contribution in [0.4, 0.5) is 0 Å². The predicted octanol–water partition coefficient (Wildman–Crippen LogP) is 0.542. The van der Waals surface area contributed by atoms with Gasteiger partial charge in [-0.25, -0.2) is 0 Å². The maximum absolute atomic E-state index is 11.4. The zero-order chi connectivity index (χ0) is 13.4. The molecule has 0 aliphatic carbocycles. The minimum atomic E-state index is -0.0486. The molecule has 106 valence electrons. The molecule has 1 heterocycles. The van der Waals surface area contributed by atoms with Crippen molar-refractivity contribution in [2.45, 2.75) is 39.4 Å². The van der Waals surface area contributed by atoms with Gasteiger partial charge >= 0.3 is 0 Å². The number of morpholine rings is 1. The van der Waals surface area contributed by atoms with E-state index in [9.17, 15) is 4.79 Å². The summed E-state index contributed by atoms with van der Waals surface area (Å²) in [5, 5.41) is 6.10. The van der Waals surface area contributed by atoms with Crippen LogP contribution in [-0.4, -0.2) is 51.0 Å². The van der Waals surface area contributed by atoms with Crippen molar-refractivity contribution in [3.63, 3.8) is 0 Å². The van der Waals surface area contributed by atoms with E-state index in [1.807, 2.05) is 6.92 Å². The van der Waals surface area contributed by atoms with E-state index in [1.54, 1.807) is 0 Å². The van der Waals surface area contributed by atoms with Gasteiger partial charge in [-0.15, -0.1) is 0 Å². The first kappa shape index (κ1) is 15.4. The van der Waals surface area contributed by atoms with Crippen molar-refractivity contribution in [3.8, 4) is 0 Å². The molecular formula is C13H26N2O3. The van der Waals surface area contributed by atoms with E-state index in [4.69, 9.17) is 9.47 Å². The van der Waals surface area contributed by atoms with Gasteiger partial charge in [-0.2, -0.15) is 0 Å². The molecule has 0 aromatic carbocycles. The van der Waals surface area contributed by atoms with Crippen LogP contribution in [-0.2, 0) is 14.3 Å². The quantitative estimate of drug-likeness (QED) is 0.700. The van der Waals surface area contributed by atoms with Gasteiger partial charge in [0.15, 0.2) is 0 Å². The van der Waals surface area contributed by atoms with Crippen LogP contribution < -0.4 is 10.6 Å². The Morgan fingerprint density at radius 2 is 2.28 bits per heavy atom. The molecule has 1 aliphatic rings. The highest BCUT2D eigenvalue weighted by Crippen LogP contribution is 2.03. The maximum atomic E-state index is 11.4. The van der Waals surface area contributed by atoms with Crippen molar-refractivity contribution < 1.29 is 14.3 Å². The van der Waals surface area contributed by atoms with Crippen LogP contribution in [0.15, 0.2) is 0 Å². The number of ether oxygens (including phenoxy) is 2. The summed E-state index contributed by atoms with van der Waals surface area (Å²) in [6.45, 7) is 9.28. The van der Waals surface area contributed by atoms with E-state index >= 15 is 0 Å². The number of nitrogens with one attached hydrogen (secondary N) is 2. The standard InChI is InChI=1S/C13H26N2O3/c1-10(2)4-5-15-13(16)9-17-8-12-7-14-6-11(3)18-12/h10-12,14H,4-9H2,1-3H3,(H,15,16). The Balaban J connectivity index is 2.01. The van der Waals surface area contributed by atoms with Gasteiger partial charge in [0.1, 0.15) is 6.61 Å².